The van der Waals surface area contributed by atoms with E-state index in [1.165, 1.54) is 17.5 Å². The Hall–Kier alpha value is -3.66. The summed E-state index contributed by atoms with van der Waals surface area (Å²) in [4.78, 5) is 26.5. The lowest BCUT2D eigenvalue weighted by Crippen LogP contribution is -2.36. The average Bonchev–Trinajstić information content (AvgIpc) is 2.91. The quantitative estimate of drug-likeness (QED) is 0.336. The number of anilines is 1. The summed E-state index contributed by atoms with van der Waals surface area (Å²) in [7, 11) is 0. The molecule has 36 heavy (non-hydrogen) atoms. The molecule has 3 aromatic rings. The Morgan fingerprint density at radius 1 is 0.917 bits per heavy atom. The second kappa shape index (κ2) is 11.9. The molecule has 0 heterocycles. The first-order chi connectivity index (χ1) is 17.4. The highest BCUT2D eigenvalue weighted by Crippen LogP contribution is 2.30. The lowest BCUT2D eigenvalue weighted by atomic mass is 9.88. The molecule has 4 rings (SSSR count). The second-order valence-electron chi connectivity index (χ2n) is 10.00. The highest BCUT2D eigenvalue weighted by Gasteiger charge is 2.27. The van der Waals surface area contributed by atoms with Gasteiger partial charge in [0.05, 0.1) is 6.54 Å². The molecule has 4 heteroatoms. The Labute approximate surface area is 214 Å². The van der Waals surface area contributed by atoms with Crippen molar-refractivity contribution < 1.29 is 14.7 Å². The van der Waals surface area contributed by atoms with Crippen LogP contribution >= 0.6 is 0 Å². The van der Waals surface area contributed by atoms with Crippen LogP contribution < -0.4 is 4.90 Å². The summed E-state index contributed by atoms with van der Waals surface area (Å²) in [6.07, 6.45) is 7.93. The van der Waals surface area contributed by atoms with Crippen molar-refractivity contribution in [1.29, 1.82) is 0 Å². The molecule has 1 fully saturated rings. The lowest BCUT2D eigenvalue weighted by Gasteiger charge is -2.30. The molecule has 0 bridgehead atoms. The first-order valence-corrected chi connectivity index (χ1v) is 12.9. The Kier molecular flexibility index (Phi) is 8.37. The van der Waals surface area contributed by atoms with Gasteiger partial charge in [0, 0.05) is 17.7 Å². The van der Waals surface area contributed by atoms with Gasteiger partial charge in [0.25, 0.3) is 0 Å². The minimum absolute atomic E-state index is 0.0377. The Bertz CT molecular complexity index is 1200. The maximum Gasteiger partial charge on any atom is 0.328 e. The molecule has 1 saturated carbocycles. The van der Waals surface area contributed by atoms with Crippen molar-refractivity contribution in [2.75, 3.05) is 4.90 Å². The number of amides is 1. The lowest BCUT2D eigenvalue weighted by molar-refractivity contribution is -0.131. The van der Waals surface area contributed by atoms with E-state index >= 15 is 0 Å². The van der Waals surface area contributed by atoms with Gasteiger partial charge < -0.3 is 10.0 Å². The van der Waals surface area contributed by atoms with E-state index < -0.39 is 5.97 Å². The Morgan fingerprint density at radius 3 is 2.17 bits per heavy atom. The van der Waals surface area contributed by atoms with E-state index in [1.54, 1.807) is 6.08 Å². The van der Waals surface area contributed by atoms with E-state index in [1.807, 2.05) is 29.2 Å². The number of benzene rings is 3. The van der Waals surface area contributed by atoms with Gasteiger partial charge in [0.15, 0.2) is 0 Å². The van der Waals surface area contributed by atoms with Crippen molar-refractivity contribution in [3.63, 3.8) is 0 Å². The molecule has 4 nitrogen and oxygen atoms in total. The van der Waals surface area contributed by atoms with Crippen molar-refractivity contribution >= 4 is 23.6 Å². The molecular weight excluding hydrogens is 446 g/mol. The first kappa shape index (κ1) is 25.4. The van der Waals surface area contributed by atoms with Crippen LogP contribution in [0.4, 0.5) is 5.69 Å². The highest BCUT2D eigenvalue weighted by molar-refractivity contribution is 5.95. The van der Waals surface area contributed by atoms with Crippen LogP contribution in [0.15, 0.2) is 78.9 Å². The molecule has 1 N–H and O–H groups in total. The maximum absolute atomic E-state index is 13.7. The van der Waals surface area contributed by atoms with Crippen LogP contribution in [0.25, 0.3) is 17.2 Å². The predicted molar refractivity (Wildman–Crippen MR) is 147 cm³/mol. The standard InChI is InChI=1S/C32H35NO3/c1-23(2)26-16-18-28(19-17-26)27-14-11-25(12-15-27)22-33(32(36)29-8-4-3-5-9-29)30-10-6-7-24(21-30)13-20-31(34)35/h6-7,10-21,23,29H,3-5,8-9,22H2,1-2H3,(H,34,35). The van der Waals surface area contributed by atoms with Gasteiger partial charge in [-0.15, -0.1) is 0 Å². The smallest absolute Gasteiger partial charge is 0.328 e. The van der Waals surface area contributed by atoms with Crippen LogP contribution in [0.1, 0.15) is 68.6 Å². The molecule has 0 radical (unpaired) electrons. The second-order valence-corrected chi connectivity index (χ2v) is 10.00. The summed E-state index contributed by atoms with van der Waals surface area (Å²) in [5.74, 6) is -0.292. The van der Waals surface area contributed by atoms with Gasteiger partial charge in [-0.25, -0.2) is 4.79 Å². The van der Waals surface area contributed by atoms with E-state index in [2.05, 4.69) is 62.4 Å². The van der Waals surface area contributed by atoms with E-state index in [4.69, 9.17) is 5.11 Å². The topological polar surface area (TPSA) is 57.6 Å². The van der Waals surface area contributed by atoms with Crippen molar-refractivity contribution in [2.24, 2.45) is 5.92 Å². The van der Waals surface area contributed by atoms with Gasteiger partial charge in [-0.1, -0.05) is 93.8 Å². The maximum atomic E-state index is 13.7. The fourth-order valence-electron chi connectivity index (χ4n) is 4.88. The number of carboxylic acids is 1. The molecule has 0 atom stereocenters. The van der Waals surface area contributed by atoms with Crippen LogP contribution in [0.3, 0.4) is 0 Å². The van der Waals surface area contributed by atoms with E-state index in [0.29, 0.717) is 12.5 Å². The van der Waals surface area contributed by atoms with Gasteiger partial charge in [0.1, 0.15) is 0 Å². The van der Waals surface area contributed by atoms with Gasteiger partial charge in [-0.05, 0) is 64.8 Å². The summed E-state index contributed by atoms with van der Waals surface area (Å²) in [6, 6.07) is 24.7. The van der Waals surface area contributed by atoms with Gasteiger partial charge in [-0.2, -0.15) is 0 Å². The minimum atomic E-state index is -0.991. The molecule has 186 valence electrons. The normalized spacial score (nSPS) is 14.3. The third kappa shape index (κ3) is 6.51. The van der Waals surface area contributed by atoms with Crippen molar-refractivity contribution in [2.45, 2.75) is 58.4 Å². The number of rotatable bonds is 8. The van der Waals surface area contributed by atoms with Crippen molar-refractivity contribution in [3.8, 4) is 11.1 Å². The predicted octanol–water partition coefficient (Wildman–Crippen LogP) is 7.69. The zero-order valence-corrected chi connectivity index (χ0v) is 21.2. The summed E-state index contributed by atoms with van der Waals surface area (Å²) in [6.45, 7) is 4.87. The molecule has 0 aliphatic heterocycles. The number of carbonyl (C=O) groups excluding carboxylic acids is 1. The molecule has 1 aliphatic rings. The molecular formula is C32H35NO3. The zero-order chi connectivity index (χ0) is 25.5. The van der Waals surface area contributed by atoms with E-state index in [-0.39, 0.29) is 11.8 Å². The van der Waals surface area contributed by atoms with Crippen LogP contribution in [-0.4, -0.2) is 17.0 Å². The highest BCUT2D eigenvalue weighted by atomic mass is 16.4. The molecule has 0 saturated heterocycles. The number of aliphatic carboxylic acids is 1. The Balaban J connectivity index is 1.58. The molecule has 1 amide bonds. The zero-order valence-electron chi connectivity index (χ0n) is 21.2. The number of nitrogens with zero attached hydrogens (tertiary/aromatic N) is 1. The minimum Gasteiger partial charge on any atom is -0.478 e. The number of carbonyl (C=O) groups is 2. The van der Waals surface area contributed by atoms with Gasteiger partial charge in [-0.3, -0.25) is 4.79 Å². The summed E-state index contributed by atoms with van der Waals surface area (Å²) >= 11 is 0. The molecule has 0 spiro atoms. The Morgan fingerprint density at radius 2 is 1.56 bits per heavy atom. The summed E-state index contributed by atoms with van der Waals surface area (Å²) < 4.78 is 0. The van der Waals surface area contributed by atoms with Crippen LogP contribution in [0, 0.1) is 5.92 Å². The van der Waals surface area contributed by atoms with Crippen LogP contribution in [0.5, 0.6) is 0 Å². The SMILES string of the molecule is CC(C)c1ccc(-c2ccc(CN(C(=O)C3CCCCC3)c3cccc(C=CC(=O)O)c3)cc2)cc1. The monoisotopic (exact) mass is 481 g/mol. The molecule has 3 aromatic carbocycles. The van der Waals surface area contributed by atoms with Crippen LogP contribution in [-0.2, 0) is 16.1 Å². The van der Waals surface area contributed by atoms with Crippen LogP contribution in [0.2, 0.25) is 0 Å². The molecule has 1 aliphatic carbocycles. The van der Waals surface area contributed by atoms with E-state index in [0.717, 1.165) is 54.1 Å². The fraction of sp³-hybridized carbons (Fsp3) is 0.312. The van der Waals surface area contributed by atoms with Crippen molar-refractivity contribution in [1.82, 2.24) is 0 Å². The number of hydrogen-bond donors (Lipinski definition) is 1. The van der Waals surface area contributed by atoms with Gasteiger partial charge >= 0.3 is 5.97 Å². The van der Waals surface area contributed by atoms with E-state index in [9.17, 15) is 9.59 Å². The number of hydrogen-bond acceptors (Lipinski definition) is 2. The first-order valence-electron chi connectivity index (χ1n) is 12.9. The third-order valence-electron chi connectivity index (χ3n) is 7.03. The number of carboxylic acid groups (broad SMARTS) is 1. The molecule has 0 unspecified atom stereocenters. The largest absolute Gasteiger partial charge is 0.478 e. The molecule has 0 aromatic heterocycles. The van der Waals surface area contributed by atoms with Crippen molar-refractivity contribution in [3.05, 3.63) is 95.6 Å². The summed E-state index contributed by atoms with van der Waals surface area (Å²) in [5, 5.41) is 9.00. The third-order valence-corrected chi connectivity index (χ3v) is 7.03. The fourth-order valence-corrected chi connectivity index (χ4v) is 4.88. The van der Waals surface area contributed by atoms with Gasteiger partial charge in [0.2, 0.25) is 5.91 Å². The average molecular weight is 482 g/mol. The summed E-state index contributed by atoms with van der Waals surface area (Å²) in [5.41, 5.74) is 6.28.